The van der Waals surface area contributed by atoms with Crippen molar-refractivity contribution in [1.82, 2.24) is 9.29 Å². The Hall–Kier alpha value is -1.90. The number of benzene rings is 1. The van der Waals surface area contributed by atoms with Gasteiger partial charge in [0.1, 0.15) is 0 Å². The van der Waals surface area contributed by atoms with Crippen LogP contribution in [0.15, 0.2) is 44.5 Å². The van der Waals surface area contributed by atoms with Crippen LogP contribution in [0.25, 0.3) is 11.1 Å². The first-order valence-corrected chi connectivity index (χ1v) is 7.38. The minimum atomic E-state index is -3.65. The number of aryl methyl sites for hydroxylation is 1. The molecule has 2 aromatic rings. The summed E-state index contributed by atoms with van der Waals surface area (Å²) < 4.78 is 32.7. The third-order valence-corrected chi connectivity index (χ3v) is 4.19. The Kier molecular flexibility index (Phi) is 4.07. The fraction of sp³-hybridized carbons (Fsp3) is 0.250. The lowest BCUT2D eigenvalue weighted by Crippen LogP contribution is -2.23. The summed E-state index contributed by atoms with van der Waals surface area (Å²) in [5, 5.41) is 0. The van der Waals surface area contributed by atoms with Crippen LogP contribution >= 0.6 is 0 Å². The van der Waals surface area contributed by atoms with Crippen LogP contribution in [0.2, 0.25) is 0 Å². The largest absolute Gasteiger partial charge is 0.419 e. The van der Waals surface area contributed by atoms with Crippen molar-refractivity contribution in [3.05, 3.63) is 40.9 Å². The van der Waals surface area contributed by atoms with Gasteiger partial charge >= 0.3 is 5.76 Å². The van der Waals surface area contributed by atoms with E-state index < -0.39 is 15.8 Å². The highest BCUT2D eigenvalue weighted by Gasteiger charge is 2.15. The van der Waals surface area contributed by atoms with Gasteiger partial charge in [-0.25, -0.2) is 17.9 Å². The van der Waals surface area contributed by atoms with Gasteiger partial charge in [0, 0.05) is 26.2 Å². The van der Waals surface area contributed by atoms with E-state index in [0.717, 1.165) is 0 Å². The molecule has 1 heterocycles. The fourth-order valence-electron chi connectivity index (χ4n) is 1.70. The van der Waals surface area contributed by atoms with Crippen molar-refractivity contribution in [3.8, 4) is 0 Å². The van der Waals surface area contributed by atoms with Crippen LogP contribution in [-0.4, -0.2) is 26.1 Å². The molecule has 1 aromatic heterocycles. The minimum absolute atomic E-state index is 0.0421. The lowest BCUT2D eigenvalue weighted by molar-refractivity contribution is 0.527. The molecule has 0 fully saturated rings. The van der Waals surface area contributed by atoms with Gasteiger partial charge in [-0.05, 0) is 12.1 Å². The van der Waals surface area contributed by atoms with Crippen molar-refractivity contribution >= 4 is 21.1 Å². The molecule has 0 spiro atoms. The molecule has 0 bridgehead atoms. The number of fused-ring (bicyclic) bond motifs is 1. The highest BCUT2D eigenvalue weighted by molar-refractivity contribution is 7.89. The smallest absolute Gasteiger partial charge is 0.408 e. The molecule has 0 aliphatic carbocycles. The summed E-state index contributed by atoms with van der Waals surface area (Å²) in [6.45, 7) is 0.499. The molecule has 3 N–H and O–H groups in total. The molecule has 8 heteroatoms. The number of hydrogen-bond donors (Lipinski definition) is 2. The van der Waals surface area contributed by atoms with Gasteiger partial charge in [0.15, 0.2) is 5.58 Å². The quantitative estimate of drug-likeness (QED) is 0.751. The second-order valence-electron chi connectivity index (χ2n) is 4.12. The maximum Gasteiger partial charge on any atom is 0.419 e. The van der Waals surface area contributed by atoms with Crippen molar-refractivity contribution in [1.29, 1.82) is 0 Å². The van der Waals surface area contributed by atoms with Gasteiger partial charge in [0.05, 0.1) is 10.4 Å². The van der Waals surface area contributed by atoms with Gasteiger partial charge in [0.2, 0.25) is 10.0 Å². The first kappa shape index (κ1) is 14.5. The molecule has 2 rings (SSSR count). The first-order chi connectivity index (χ1) is 9.45. The number of oxazole rings is 1. The highest BCUT2D eigenvalue weighted by Crippen LogP contribution is 2.17. The van der Waals surface area contributed by atoms with E-state index >= 15 is 0 Å². The van der Waals surface area contributed by atoms with Crippen LogP contribution in [0.1, 0.15) is 0 Å². The van der Waals surface area contributed by atoms with Crippen molar-refractivity contribution in [3.63, 3.8) is 0 Å². The molecule has 0 saturated heterocycles. The molecule has 0 amide bonds. The fourth-order valence-corrected chi connectivity index (χ4v) is 2.69. The van der Waals surface area contributed by atoms with Crippen LogP contribution in [-0.2, 0) is 17.1 Å². The van der Waals surface area contributed by atoms with E-state index in [9.17, 15) is 13.2 Å². The third kappa shape index (κ3) is 2.82. The van der Waals surface area contributed by atoms with Gasteiger partial charge in [-0.15, -0.1) is 0 Å². The predicted octanol–water partition coefficient (Wildman–Crippen LogP) is -0.0753. The summed E-state index contributed by atoms with van der Waals surface area (Å²) in [6.07, 6.45) is 3.28. The zero-order valence-corrected chi connectivity index (χ0v) is 11.7. The third-order valence-electron chi connectivity index (χ3n) is 2.77. The van der Waals surface area contributed by atoms with Crippen molar-refractivity contribution in [2.75, 3.05) is 13.1 Å². The molecule has 1 aromatic carbocycles. The zero-order valence-electron chi connectivity index (χ0n) is 10.9. The molecule has 7 nitrogen and oxygen atoms in total. The average Bonchev–Trinajstić information content (AvgIpc) is 2.70. The molecule has 0 saturated carbocycles. The number of rotatable bonds is 5. The Balaban J connectivity index is 2.32. The molecule has 108 valence electrons. The SMILES string of the molecule is Cn1c(=O)oc2cc(S(=O)(=O)NC/C=C/CN)ccc21. The van der Waals surface area contributed by atoms with Gasteiger partial charge in [-0.2, -0.15) is 0 Å². The normalized spacial score (nSPS) is 12.5. The molecule has 20 heavy (non-hydrogen) atoms. The molecular weight excluding hydrogens is 282 g/mol. The summed E-state index contributed by atoms with van der Waals surface area (Å²) in [7, 11) is -2.10. The molecule has 0 radical (unpaired) electrons. The van der Waals surface area contributed by atoms with Crippen LogP contribution in [0.3, 0.4) is 0 Å². The number of hydrogen-bond acceptors (Lipinski definition) is 5. The average molecular weight is 297 g/mol. The monoisotopic (exact) mass is 297 g/mol. The molecular formula is C12H15N3O4S. The molecule has 0 aliphatic heterocycles. The highest BCUT2D eigenvalue weighted by atomic mass is 32.2. The lowest BCUT2D eigenvalue weighted by Gasteiger charge is -2.04. The summed E-state index contributed by atoms with van der Waals surface area (Å²) in [5.74, 6) is -0.534. The van der Waals surface area contributed by atoms with Crippen molar-refractivity contribution in [2.24, 2.45) is 12.8 Å². The van der Waals surface area contributed by atoms with Crippen molar-refractivity contribution in [2.45, 2.75) is 4.90 Å². The van der Waals surface area contributed by atoms with Gasteiger partial charge in [0.25, 0.3) is 0 Å². The van der Waals surface area contributed by atoms with Crippen LogP contribution < -0.4 is 16.2 Å². The van der Waals surface area contributed by atoms with Gasteiger partial charge in [-0.3, -0.25) is 4.57 Å². The van der Waals surface area contributed by atoms with E-state index in [4.69, 9.17) is 10.2 Å². The van der Waals surface area contributed by atoms with E-state index in [1.165, 1.54) is 22.8 Å². The Morgan fingerprint density at radius 2 is 2.15 bits per heavy atom. The number of nitrogens with two attached hydrogens (primary N) is 1. The Labute approximate surface area is 115 Å². The van der Waals surface area contributed by atoms with E-state index in [1.54, 1.807) is 19.2 Å². The van der Waals surface area contributed by atoms with Crippen LogP contribution in [0, 0.1) is 0 Å². The number of sulfonamides is 1. The second-order valence-corrected chi connectivity index (χ2v) is 5.88. The van der Waals surface area contributed by atoms with E-state index in [2.05, 4.69) is 4.72 Å². The first-order valence-electron chi connectivity index (χ1n) is 5.90. The molecule has 0 aliphatic rings. The van der Waals surface area contributed by atoms with Gasteiger partial charge in [-0.1, -0.05) is 12.2 Å². The van der Waals surface area contributed by atoms with E-state index in [-0.39, 0.29) is 17.0 Å². The number of nitrogens with one attached hydrogen (secondary N) is 1. The summed E-state index contributed by atoms with van der Waals surface area (Å²) in [4.78, 5) is 11.4. The lowest BCUT2D eigenvalue weighted by atomic mass is 10.3. The maximum absolute atomic E-state index is 12.0. The topological polar surface area (TPSA) is 107 Å². The number of nitrogens with zero attached hydrogens (tertiary/aromatic N) is 1. The van der Waals surface area contributed by atoms with E-state index in [1.807, 2.05) is 0 Å². The number of aromatic nitrogens is 1. The molecule has 0 atom stereocenters. The van der Waals surface area contributed by atoms with E-state index in [0.29, 0.717) is 12.1 Å². The predicted molar refractivity (Wildman–Crippen MR) is 74.8 cm³/mol. The summed E-state index contributed by atoms with van der Waals surface area (Å²) in [6, 6.07) is 4.28. The maximum atomic E-state index is 12.0. The van der Waals surface area contributed by atoms with Crippen molar-refractivity contribution < 1.29 is 12.8 Å². The van der Waals surface area contributed by atoms with Gasteiger partial charge < -0.3 is 10.2 Å². The Morgan fingerprint density at radius 1 is 1.40 bits per heavy atom. The Bertz CT molecular complexity index is 802. The standard InChI is InChI=1S/C12H15N3O4S/c1-15-10-5-4-9(8-11(10)19-12(15)16)20(17,18)14-7-3-2-6-13/h2-5,8,14H,6-7,13H2,1H3/b3-2+. The Morgan fingerprint density at radius 3 is 2.85 bits per heavy atom. The minimum Gasteiger partial charge on any atom is -0.408 e. The summed E-state index contributed by atoms with van der Waals surface area (Å²) >= 11 is 0. The van der Waals surface area contributed by atoms with Crippen LogP contribution in [0.5, 0.6) is 0 Å². The molecule has 0 unspecified atom stereocenters. The summed E-state index contributed by atoms with van der Waals surface area (Å²) in [5.41, 5.74) is 6.03. The second kappa shape index (κ2) is 5.61. The van der Waals surface area contributed by atoms with Crippen LogP contribution in [0.4, 0.5) is 0 Å². The zero-order chi connectivity index (χ0) is 14.8.